The van der Waals surface area contributed by atoms with Crippen molar-refractivity contribution in [2.45, 2.75) is 39.7 Å². The van der Waals surface area contributed by atoms with E-state index in [1.54, 1.807) is 6.20 Å². The first-order valence-corrected chi connectivity index (χ1v) is 6.98. The topological polar surface area (TPSA) is 27.1 Å². The molecule has 0 amide bonds. The Hall–Kier alpha value is -0.510. The summed E-state index contributed by atoms with van der Waals surface area (Å²) in [5.74, 6) is 1.58. The molecule has 1 heterocycles. The fourth-order valence-electron chi connectivity index (χ4n) is 1.39. The summed E-state index contributed by atoms with van der Waals surface area (Å²) in [5.41, 5.74) is 0. The number of hydrogen-bond acceptors (Lipinski definition) is 2. The van der Waals surface area contributed by atoms with Crippen molar-refractivity contribution < 1.29 is 4.74 Å². The van der Waals surface area contributed by atoms with Gasteiger partial charge in [-0.1, -0.05) is 22.9 Å². The Kier molecular flexibility index (Phi) is 5.88. The average Bonchev–Trinajstić information content (AvgIpc) is 2.67. The first kappa shape index (κ1) is 13.6. The highest BCUT2D eigenvalue weighted by Crippen LogP contribution is 2.14. The molecule has 1 aromatic heterocycles. The average molecular weight is 289 g/mol. The molecule has 4 heteroatoms. The highest BCUT2D eigenvalue weighted by Gasteiger charge is 2.04. The van der Waals surface area contributed by atoms with E-state index < -0.39 is 0 Å². The van der Waals surface area contributed by atoms with Crippen LogP contribution in [0.15, 0.2) is 12.4 Å². The van der Waals surface area contributed by atoms with Crippen LogP contribution in [0.3, 0.4) is 0 Å². The summed E-state index contributed by atoms with van der Waals surface area (Å²) >= 11 is 3.45. The number of halogens is 1. The van der Waals surface area contributed by atoms with E-state index in [1.807, 2.05) is 10.9 Å². The van der Waals surface area contributed by atoms with Crippen molar-refractivity contribution in [3.8, 4) is 5.75 Å². The summed E-state index contributed by atoms with van der Waals surface area (Å²) in [4.78, 5) is 0. The molecule has 1 rings (SSSR count). The molecule has 0 aliphatic heterocycles. The van der Waals surface area contributed by atoms with Gasteiger partial charge < -0.3 is 4.74 Å². The molecule has 0 aliphatic carbocycles. The van der Waals surface area contributed by atoms with Gasteiger partial charge in [-0.05, 0) is 32.6 Å². The highest BCUT2D eigenvalue weighted by molar-refractivity contribution is 9.09. The maximum Gasteiger partial charge on any atom is 0.157 e. The smallest absolute Gasteiger partial charge is 0.157 e. The number of hydrogen-bond donors (Lipinski definition) is 0. The molecule has 0 saturated carbocycles. The van der Waals surface area contributed by atoms with Crippen molar-refractivity contribution in [1.82, 2.24) is 9.78 Å². The van der Waals surface area contributed by atoms with E-state index in [9.17, 15) is 0 Å². The minimum absolute atomic E-state index is 0.393. The van der Waals surface area contributed by atoms with Gasteiger partial charge >= 0.3 is 0 Å². The Labute approximate surface area is 106 Å². The van der Waals surface area contributed by atoms with Crippen molar-refractivity contribution >= 4 is 15.9 Å². The van der Waals surface area contributed by atoms with Gasteiger partial charge in [0, 0.05) is 11.4 Å². The zero-order chi connectivity index (χ0) is 12.0. The minimum Gasteiger partial charge on any atom is -0.490 e. The number of aromatic nitrogens is 2. The highest BCUT2D eigenvalue weighted by atomic mass is 79.9. The molecular formula is C12H21BrN2O. The molecule has 0 fully saturated rings. The van der Waals surface area contributed by atoms with Crippen LogP contribution in [0.4, 0.5) is 0 Å². The third-order valence-electron chi connectivity index (χ3n) is 2.59. The van der Waals surface area contributed by atoms with E-state index in [1.165, 1.54) is 6.42 Å². The van der Waals surface area contributed by atoms with Crippen molar-refractivity contribution in [2.24, 2.45) is 5.92 Å². The molecule has 0 saturated heterocycles. The number of nitrogens with zero attached hydrogens (tertiary/aromatic N) is 2. The Morgan fingerprint density at radius 2 is 2.12 bits per heavy atom. The molecule has 0 radical (unpaired) electrons. The van der Waals surface area contributed by atoms with E-state index in [-0.39, 0.29) is 0 Å². The number of alkyl halides is 1. The quantitative estimate of drug-likeness (QED) is 0.716. The number of rotatable bonds is 7. The lowest BCUT2D eigenvalue weighted by atomic mass is 10.1. The lowest BCUT2D eigenvalue weighted by Gasteiger charge is -2.09. The molecule has 0 N–H and O–H groups in total. The summed E-state index contributed by atoms with van der Waals surface area (Å²) in [6.45, 7) is 7.24. The largest absolute Gasteiger partial charge is 0.490 e. The van der Waals surface area contributed by atoms with Gasteiger partial charge in [0.05, 0.1) is 19.0 Å². The van der Waals surface area contributed by atoms with Gasteiger partial charge in [0.15, 0.2) is 5.75 Å². The van der Waals surface area contributed by atoms with Crippen LogP contribution in [0.5, 0.6) is 5.75 Å². The van der Waals surface area contributed by atoms with Gasteiger partial charge in [0.1, 0.15) is 0 Å². The number of ether oxygens (including phenoxy) is 1. The molecule has 1 atom stereocenters. The first-order chi connectivity index (χ1) is 7.63. The van der Waals surface area contributed by atoms with Crippen LogP contribution in [-0.2, 0) is 0 Å². The predicted octanol–water partition coefficient (Wildman–Crippen LogP) is 3.65. The molecule has 3 nitrogen and oxygen atoms in total. The fraction of sp³-hybridized carbons (Fsp3) is 0.750. The predicted molar refractivity (Wildman–Crippen MR) is 70.3 cm³/mol. The van der Waals surface area contributed by atoms with E-state index in [0.29, 0.717) is 12.0 Å². The second kappa shape index (κ2) is 6.94. The monoisotopic (exact) mass is 288 g/mol. The van der Waals surface area contributed by atoms with Gasteiger partial charge in [0.25, 0.3) is 0 Å². The van der Waals surface area contributed by atoms with Crippen molar-refractivity contribution in [3.05, 3.63) is 12.4 Å². The van der Waals surface area contributed by atoms with Crippen molar-refractivity contribution in [1.29, 1.82) is 0 Å². The molecular weight excluding hydrogens is 268 g/mol. The SMILES string of the molecule is CC(CCBr)CCOc1cnn(C(C)C)c1. The molecule has 92 valence electrons. The molecule has 16 heavy (non-hydrogen) atoms. The van der Waals surface area contributed by atoms with Gasteiger partial charge in [-0.25, -0.2) is 0 Å². The Morgan fingerprint density at radius 3 is 2.69 bits per heavy atom. The standard InChI is InChI=1S/C12H21BrN2O/c1-10(2)15-9-12(8-14-15)16-7-5-11(3)4-6-13/h8-11H,4-7H2,1-3H3. The summed E-state index contributed by atoms with van der Waals surface area (Å²) < 4.78 is 7.57. The van der Waals surface area contributed by atoms with Crippen LogP contribution in [0.1, 0.15) is 39.7 Å². The summed E-state index contributed by atoms with van der Waals surface area (Å²) in [6, 6.07) is 0.393. The van der Waals surface area contributed by atoms with E-state index in [0.717, 1.165) is 24.1 Å². The lowest BCUT2D eigenvalue weighted by Crippen LogP contribution is -2.04. The molecule has 0 aliphatic rings. The van der Waals surface area contributed by atoms with Gasteiger partial charge in [0.2, 0.25) is 0 Å². The molecule has 0 bridgehead atoms. The zero-order valence-electron chi connectivity index (χ0n) is 10.3. The first-order valence-electron chi connectivity index (χ1n) is 5.86. The maximum atomic E-state index is 5.66. The molecule has 1 unspecified atom stereocenters. The van der Waals surface area contributed by atoms with Crippen molar-refractivity contribution in [2.75, 3.05) is 11.9 Å². The van der Waals surface area contributed by atoms with Gasteiger partial charge in [-0.3, -0.25) is 4.68 Å². The van der Waals surface area contributed by atoms with Crippen LogP contribution >= 0.6 is 15.9 Å². The van der Waals surface area contributed by atoms with Crippen LogP contribution < -0.4 is 4.74 Å². The normalized spacial score (nSPS) is 13.1. The summed E-state index contributed by atoms with van der Waals surface area (Å²) in [6.07, 6.45) is 6.04. The Balaban J connectivity index is 2.26. The van der Waals surface area contributed by atoms with Crippen LogP contribution in [0.2, 0.25) is 0 Å². The zero-order valence-corrected chi connectivity index (χ0v) is 11.9. The van der Waals surface area contributed by atoms with Gasteiger partial charge in [-0.15, -0.1) is 0 Å². The third kappa shape index (κ3) is 4.56. The Morgan fingerprint density at radius 1 is 1.38 bits per heavy atom. The second-order valence-corrected chi connectivity index (χ2v) is 5.26. The summed E-state index contributed by atoms with van der Waals surface area (Å²) in [5, 5.41) is 5.30. The minimum atomic E-state index is 0.393. The van der Waals surface area contributed by atoms with E-state index >= 15 is 0 Å². The van der Waals surface area contributed by atoms with Crippen LogP contribution in [0.25, 0.3) is 0 Å². The van der Waals surface area contributed by atoms with Crippen molar-refractivity contribution in [3.63, 3.8) is 0 Å². The van der Waals surface area contributed by atoms with Crippen LogP contribution in [0, 0.1) is 5.92 Å². The molecule has 1 aromatic rings. The fourth-order valence-corrected chi connectivity index (χ4v) is 2.17. The maximum absolute atomic E-state index is 5.66. The molecule has 0 aromatic carbocycles. The molecule has 0 spiro atoms. The van der Waals surface area contributed by atoms with E-state index in [2.05, 4.69) is 41.8 Å². The van der Waals surface area contributed by atoms with E-state index in [4.69, 9.17) is 4.74 Å². The summed E-state index contributed by atoms with van der Waals surface area (Å²) in [7, 11) is 0. The Bertz CT molecular complexity index is 299. The third-order valence-corrected chi connectivity index (χ3v) is 3.05. The lowest BCUT2D eigenvalue weighted by molar-refractivity contribution is 0.282. The van der Waals surface area contributed by atoms with Crippen LogP contribution in [-0.4, -0.2) is 21.7 Å². The second-order valence-electron chi connectivity index (χ2n) is 4.47. The van der Waals surface area contributed by atoms with Gasteiger partial charge in [-0.2, -0.15) is 5.10 Å².